The van der Waals surface area contributed by atoms with Crippen LogP contribution in [0.4, 0.5) is 0 Å². The van der Waals surface area contributed by atoms with E-state index in [0.29, 0.717) is 0 Å². The number of hydrogen-bond acceptors (Lipinski definition) is 3. The van der Waals surface area contributed by atoms with Crippen LogP contribution in [0.2, 0.25) is 4.34 Å². The maximum Gasteiger partial charge on any atom is 0.0940 e. The van der Waals surface area contributed by atoms with E-state index >= 15 is 0 Å². The van der Waals surface area contributed by atoms with Crippen LogP contribution < -0.4 is 0 Å². The first-order valence-electron chi connectivity index (χ1n) is 3.25. The van der Waals surface area contributed by atoms with Gasteiger partial charge in [0.05, 0.1) is 15.2 Å². The summed E-state index contributed by atoms with van der Waals surface area (Å²) in [5.74, 6) is 0. The minimum Gasteiger partial charge on any atom is -0.395 e. The van der Waals surface area contributed by atoms with Gasteiger partial charge in [-0.25, -0.2) is 0 Å². The minimum atomic E-state index is 0.209. The fourth-order valence-electron chi connectivity index (χ4n) is 0.597. The molecule has 0 radical (unpaired) electrons. The Morgan fingerprint density at radius 1 is 1.73 bits per heavy atom. The Labute approximate surface area is 79.4 Å². The van der Waals surface area contributed by atoms with Crippen molar-refractivity contribution in [3.8, 4) is 0 Å². The van der Waals surface area contributed by atoms with Crippen LogP contribution in [-0.2, 0) is 0 Å². The molecule has 0 aliphatic heterocycles. The van der Waals surface area contributed by atoms with Gasteiger partial charge in [-0.05, 0) is 12.1 Å². The van der Waals surface area contributed by atoms with E-state index in [0.717, 1.165) is 8.55 Å². The maximum atomic E-state index is 8.75. The maximum absolute atomic E-state index is 8.75. The number of thiophene rings is 1. The SMILES string of the molecule is CC(CO)Sc1ccc(Cl)s1. The molecule has 11 heavy (non-hydrogen) atoms. The van der Waals surface area contributed by atoms with Crippen molar-refractivity contribution in [1.29, 1.82) is 0 Å². The number of halogens is 1. The molecule has 0 saturated heterocycles. The summed E-state index contributed by atoms with van der Waals surface area (Å²) in [5.41, 5.74) is 0. The van der Waals surface area contributed by atoms with Crippen molar-refractivity contribution in [1.82, 2.24) is 0 Å². The summed E-state index contributed by atoms with van der Waals surface area (Å²) >= 11 is 8.93. The van der Waals surface area contributed by atoms with E-state index in [-0.39, 0.29) is 11.9 Å². The molecule has 1 unspecified atom stereocenters. The third-order valence-electron chi connectivity index (χ3n) is 1.12. The Balaban J connectivity index is 2.50. The third-order valence-corrected chi connectivity index (χ3v) is 3.61. The molecule has 0 bridgehead atoms. The van der Waals surface area contributed by atoms with Crippen LogP contribution in [0.5, 0.6) is 0 Å². The van der Waals surface area contributed by atoms with Crippen LogP contribution in [0.1, 0.15) is 6.92 Å². The molecule has 1 aromatic heterocycles. The largest absolute Gasteiger partial charge is 0.395 e. The lowest BCUT2D eigenvalue weighted by atomic mass is 10.5. The van der Waals surface area contributed by atoms with E-state index in [2.05, 4.69) is 0 Å². The Hall–Kier alpha value is 0.300. The lowest BCUT2D eigenvalue weighted by molar-refractivity contribution is 0.300. The first kappa shape index (κ1) is 9.39. The molecule has 1 rings (SSSR count). The van der Waals surface area contributed by atoms with Gasteiger partial charge >= 0.3 is 0 Å². The average Bonchev–Trinajstić information content (AvgIpc) is 2.35. The van der Waals surface area contributed by atoms with Gasteiger partial charge in [-0.3, -0.25) is 0 Å². The van der Waals surface area contributed by atoms with Crippen LogP contribution in [0, 0.1) is 0 Å². The van der Waals surface area contributed by atoms with Crippen molar-refractivity contribution in [2.45, 2.75) is 16.4 Å². The van der Waals surface area contributed by atoms with Gasteiger partial charge in [0.15, 0.2) is 0 Å². The molecule has 0 amide bonds. The second kappa shape index (κ2) is 4.36. The van der Waals surface area contributed by atoms with Crippen LogP contribution in [0.3, 0.4) is 0 Å². The molecule has 62 valence electrons. The molecule has 1 atom stereocenters. The van der Waals surface area contributed by atoms with Gasteiger partial charge in [-0.2, -0.15) is 0 Å². The molecule has 1 aromatic rings. The van der Waals surface area contributed by atoms with E-state index in [9.17, 15) is 0 Å². The van der Waals surface area contributed by atoms with Crippen molar-refractivity contribution >= 4 is 34.7 Å². The number of rotatable bonds is 3. The highest BCUT2D eigenvalue weighted by Crippen LogP contribution is 2.32. The van der Waals surface area contributed by atoms with Gasteiger partial charge in [-0.1, -0.05) is 18.5 Å². The van der Waals surface area contributed by atoms with Crippen molar-refractivity contribution in [3.05, 3.63) is 16.5 Å². The van der Waals surface area contributed by atoms with E-state index < -0.39 is 0 Å². The second-order valence-corrected chi connectivity index (χ2v) is 5.62. The quantitative estimate of drug-likeness (QED) is 0.771. The van der Waals surface area contributed by atoms with Gasteiger partial charge in [-0.15, -0.1) is 23.1 Å². The summed E-state index contributed by atoms with van der Waals surface area (Å²) in [5, 5.41) is 9.01. The molecule has 1 heterocycles. The Bertz CT molecular complexity index is 224. The molecule has 0 spiro atoms. The molecule has 0 aliphatic rings. The number of aliphatic hydroxyl groups excluding tert-OH is 1. The monoisotopic (exact) mass is 208 g/mol. The van der Waals surface area contributed by atoms with Crippen LogP contribution >= 0.6 is 34.7 Å². The summed E-state index contributed by atoms with van der Waals surface area (Å²) in [4.78, 5) is 0. The van der Waals surface area contributed by atoms with Gasteiger partial charge in [0.1, 0.15) is 0 Å². The summed E-state index contributed by atoms with van der Waals surface area (Å²) in [7, 11) is 0. The lowest BCUT2D eigenvalue weighted by Gasteiger charge is -2.03. The lowest BCUT2D eigenvalue weighted by Crippen LogP contribution is -2.00. The highest BCUT2D eigenvalue weighted by atomic mass is 35.5. The van der Waals surface area contributed by atoms with E-state index in [1.807, 2.05) is 19.1 Å². The average molecular weight is 209 g/mol. The van der Waals surface area contributed by atoms with E-state index in [4.69, 9.17) is 16.7 Å². The summed E-state index contributed by atoms with van der Waals surface area (Å²) in [6, 6.07) is 3.85. The molecule has 0 aromatic carbocycles. The first-order chi connectivity index (χ1) is 5.22. The Morgan fingerprint density at radius 3 is 2.91 bits per heavy atom. The van der Waals surface area contributed by atoms with Gasteiger partial charge < -0.3 is 5.11 Å². The molecular formula is C7H9ClOS2. The zero-order chi connectivity index (χ0) is 8.27. The van der Waals surface area contributed by atoms with E-state index in [1.54, 1.807) is 23.1 Å². The fraction of sp³-hybridized carbons (Fsp3) is 0.429. The third kappa shape index (κ3) is 3.03. The normalized spacial score (nSPS) is 13.4. The zero-order valence-electron chi connectivity index (χ0n) is 6.08. The summed E-state index contributed by atoms with van der Waals surface area (Å²) < 4.78 is 1.97. The molecule has 1 nitrogen and oxygen atoms in total. The predicted octanol–water partition coefficient (Wildman–Crippen LogP) is 2.87. The molecule has 0 aliphatic carbocycles. The first-order valence-corrected chi connectivity index (χ1v) is 5.32. The molecule has 1 N–H and O–H groups in total. The minimum absolute atomic E-state index is 0.209. The molecule has 4 heteroatoms. The molecule has 0 saturated carbocycles. The van der Waals surface area contributed by atoms with Crippen molar-refractivity contribution < 1.29 is 5.11 Å². The topological polar surface area (TPSA) is 20.2 Å². The summed E-state index contributed by atoms with van der Waals surface area (Å²) in [6.45, 7) is 2.19. The van der Waals surface area contributed by atoms with Gasteiger partial charge in [0.2, 0.25) is 0 Å². The molecule has 0 fully saturated rings. The number of hydrogen-bond donors (Lipinski definition) is 1. The predicted molar refractivity (Wildman–Crippen MR) is 51.7 cm³/mol. The van der Waals surface area contributed by atoms with Crippen LogP contribution in [0.15, 0.2) is 16.3 Å². The van der Waals surface area contributed by atoms with Crippen LogP contribution in [-0.4, -0.2) is 17.0 Å². The van der Waals surface area contributed by atoms with Gasteiger partial charge in [0.25, 0.3) is 0 Å². The fourth-order valence-corrected chi connectivity index (χ4v) is 3.08. The highest BCUT2D eigenvalue weighted by Gasteiger charge is 2.04. The number of aliphatic hydroxyl groups is 1. The van der Waals surface area contributed by atoms with Crippen molar-refractivity contribution in [3.63, 3.8) is 0 Å². The van der Waals surface area contributed by atoms with Crippen molar-refractivity contribution in [2.75, 3.05) is 6.61 Å². The van der Waals surface area contributed by atoms with Crippen LogP contribution in [0.25, 0.3) is 0 Å². The van der Waals surface area contributed by atoms with Gasteiger partial charge in [0, 0.05) is 5.25 Å². The van der Waals surface area contributed by atoms with Crippen molar-refractivity contribution in [2.24, 2.45) is 0 Å². The molecular weight excluding hydrogens is 200 g/mol. The second-order valence-electron chi connectivity index (χ2n) is 2.17. The summed E-state index contributed by atoms with van der Waals surface area (Å²) in [6.07, 6.45) is 0. The smallest absolute Gasteiger partial charge is 0.0940 e. The zero-order valence-corrected chi connectivity index (χ0v) is 8.47. The van der Waals surface area contributed by atoms with E-state index in [1.165, 1.54) is 0 Å². The standard InChI is InChI=1S/C7H9ClOS2/c1-5(4-9)10-7-3-2-6(8)11-7/h2-3,5,9H,4H2,1H3. The Morgan fingerprint density at radius 2 is 2.45 bits per heavy atom. The highest BCUT2D eigenvalue weighted by molar-refractivity contribution is 8.01. The number of thioether (sulfide) groups is 1. The Kier molecular flexibility index (Phi) is 3.72.